The van der Waals surface area contributed by atoms with Gasteiger partial charge in [0.1, 0.15) is 35.2 Å². The van der Waals surface area contributed by atoms with Crippen molar-refractivity contribution in [3.63, 3.8) is 0 Å². The number of hydrogen-bond donors (Lipinski definition) is 0. The van der Waals surface area contributed by atoms with Gasteiger partial charge in [-0.1, -0.05) is 19.1 Å². The van der Waals surface area contributed by atoms with E-state index in [1.807, 2.05) is 25.1 Å². The van der Waals surface area contributed by atoms with E-state index in [2.05, 4.69) is 0 Å². The summed E-state index contributed by atoms with van der Waals surface area (Å²) in [6.07, 6.45) is 2.04. The van der Waals surface area contributed by atoms with Crippen LogP contribution >= 0.6 is 0 Å². The highest BCUT2D eigenvalue weighted by molar-refractivity contribution is 5.92. The van der Waals surface area contributed by atoms with Crippen molar-refractivity contribution in [2.75, 3.05) is 26.4 Å². The van der Waals surface area contributed by atoms with Crippen molar-refractivity contribution in [1.29, 1.82) is 5.26 Å². The highest BCUT2D eigenvalue weighted by Gasteiger charge is 2.27. The molecule has 0 amide bonds. The van der Waals surface area contributed by atoms with Crippen molar-refractivity contribution in [2.45, 2.75) is 31.8 Å². The zero-order chi connectivity index (χ0) is 31.3. The maximum absolute atomic E-state index is 14.0. The SMILES string of the molecule is CC1c2cc(OC(=O)c3ccc(OCCCCOCC4CO4)cc3)ccc2-c2ccc(OC(=O)c3ccc(C#N)c(F)c3)cc21. The number of ether oxygens (including phenoxy) is 5. The van der Waals surface area contributed by atoms with Gasteiger partial charge in [-0.3, -0.25) is 0 Å². The maximum Gasteiger partial charge on any atom is 0.343 e. The van der Waals surface area contributed by atoms with Crippen molar-refractivity contribution in [1.82, 2.24) is 0 Å². The van der Waals surface area contributed by atoms with Gasteiger partial charge in [-0.05, 0) is 102 Å². The molecule has 2 aliphatic rings. The summed E-state index contributed by atoms with van der Waals surface area (Å²) in [4.78, 5) is 25.5. The lowest BCUT2D eigenvalue weighted by Crippen LogP contribution is -2.09. The Bertz CT molecular complexity index is 1780. The number of esters is 2. The molecule has 6 rings (SSSR count). The summed E-state index contributed by atoms with van der Waals surface area (Å²) >= 11 is 0. The third-order valence-corrected chi connectivity index (χ3v) is 7.76. The van der Waals surface area contributed by atoms with E-state index in [1.54, 1.807) is 48.5 Å². The standard InChI is InChI=1S/C36H30FNO7/c1-22-32-17-27(44-35(39)23-6-8-26(9-7-23)42-15-3-2-14-41-20-29-21-43-29)10-12-30(32)31-13-11-28(18-33(22)31)45-36(40)24-4-5-25(19-38)34(37)16-24/h4-13,16-18,22,29H,2-3,14-15,20-21H2,1H3. The third kappa shape index (κ3) is 7.04. The first-order chi connectivity index (χ1) is 21.9. The van der Waals surface area contributed by atoms with Gasteiger partial charge >= 0.3 is 11.9 Å². The van der Waals surface area contributed by atoms with Gasteiger partial charge in [-0.15, -0.1) is 0 Å². The first-order valence-electron chi connectivity index (χ1n) is 14.7. The highest BCUT2D eigenvalue weighted by Crippen LogP contribution is 2.47. The average molecular weight is 608 g/mol. The molecule has 2 atom stereocenters. The Morgan fingerprint density at radius 1 is 0.822 bits per heavy atom. The van der Waals surface area contributed by atoms with E-state index >= 15 is 0 Å². The monoisotopic (exact) mass is 607 g/mol. The number of fused-ring (bicyclic) bond motifs is 3. The number of hydrogen-bond acceptors (Lipinski definition) is 8. The molecule has 1 aliphatic heterocycles. The van der Waals surface area contributed by atoms with Crippen LogP contribution in [0.3, 0.4) is 0 Å². The molecule has 9 heteroatoms. The molecule has 0 bridgehead atoms. The molecule has 45 heavy (non-hydrogen) atoms. The van der Waals surface area contributed by atoms with Crippen LogP contribution < -0.4 is 14.2 Å². The number of unbranched alkanes of at least 4 members (excludes halogenated alkanes) is 1. The van der Waals surface area contributed by atoms with Gasteiger partial charge in [-0.2, -0.15) is 5.26 Å². The van der Waals surface area contributed by atoms with Crippen molar-refractivity contribution in [2.24, 2.45) is 0 Å². The highest BCUT2D eigenvalue weighted by atomic mass is 19.1. The molecule has 0 radical (unpaired) electrons. The lowest BCUT2D eigenvalue weighted by molar-refractivity contribution is 0.0725. The summed E-state index contributed by atoms with van der Waals surface area (Å²) in [5, 5.41) is 8.91. The summed E-state index contributed by atoms with van der Waals surface area (Å²) in [6, 6.07) is 23.0. The zero-order valence-corrected chi connectivity index (χ0v) is 24.6. The minimum Gasteiger partial charge on any atom is -0.494 e. The Morgan fingerprint density at radius 2 is 1.40 bits per heavy atom. The Labute approximate surface area is 259 Å². The van der Waals surface area contributed by atoms with Crippen molar-refractivity contribution in [3.8, 4) is 34.4 Å². The zero-order valence-electron chi connectivity index (χ0n) is 24.6. The minimum absolute atomic E-state index is 0.00803. The van der Waals surface area contributed by atoms with Crippen molar-refractivity contribution < 1.29 is 37.7 Å². The van der Waals surface area contributed by atoms with E-state index in [0.717, 1.165) is 47.8 Å². The van der Waals surface area contributed by atoms with Crippen molar-refractivity contribution >= 4 is 11.9 Å². The van der Waals surface area contributed by atoms with Gasteiger partial charge in [0.05, 0.1) is 36.5 Å². The number of halogens is 1. The fraction of sp³-hybridized carbons (Fsp3) is 0.250. The minimum atomic E-state index is -0.782. The molecule has 8 nitrogen and oxygen atoms in total. The van der Waals surface area contributed by atoms with Gasteiger partial charge in [-0.25, -0.2) is 14.0 Å². The molecule has 0 aromatic heterocycles. The quantitative estimate of drug-likeness (QED) is 0.0746. The molecule has 4 aromatic carbocycles. The smallest absolute Gasteiger partial charge is 0.343 e. The van der Waals surface area contributed by atoms with Crippen LogP contribution in [0, 0.1) is 17.1 Å². The molecular formula is C36H30FNO7. The average Bonchev–Trinajstić information content (AvgIpc) is 3.84. The number of nitrogens with zero attached hydrogens (tertiary/aromatic N) is 1. The van der Waals surface area contributed by atoms with Crippen LogP contribution in [0.15, 0.2) is 78.9 Å². The van der Waals surface area contributed by atoms with Crippen LogP contribution in [-0.2, 0) is 9.47 Å². The summed E-state index contributed by atoms with van der Waals surface area (Å²) in [5.74, 6) is -0.631. The molecule has 1 saturated heterocycles. The molecule has 4 aromatic rings. The second-order valence-corrected chi connectivity index (χ2v) is 10.9. The number of rotatable bonds is 12. The predicted octanol–water partition coefficient (Wildman–Crippen LogP) is 6.84. The molecule has 1 heterocycles. The molecule has 228 valence electrons. The molecule has 0 saturated carbocycles. The lowest BCUT2D eigenvalue weighted by Gasteiger charge is -2.10. The van der Waals surface area contributed by atoms with E-state index in [9.17, 15) is 14.0 Å². The van der Waals surface area contributed by atoms with E-state index < -0.39 is 17.8 Å². The number of carbonyl (C=O) groups is 2. The fourth-order valence-electron chi connectivity index (χ4n) is 5.21. The first kappa shape index (κ1) is 30.0. The Kier molecular flexibility index (Phi) is 8.87. The molecule has 1 aliphatic carbocycles. The van der Waals surface area contributed by atoms with E-state index in [-0.39, 0.29) is 23.1 Å². The normalized spacial score (nSPS) is 15.8. The summed E-state index contributed by atoms with van der Waals surface area (Å²) < 4.78 is 41.6. The Morgan fingerprint density at radius 3 is 2.00 bits per heavy atom. The van der Waals surface area contributed by atoms with Gasteiger partial charge in [0.2, 0.25) is 0 Å². The Hall–Kier alpha value is -5.04. The van der Waals surface area contributed by atoms with Gasteiger partial charge in [0, 0.05) is 12.5 Å². The molecule has 0 spiro atoms. The van der Waals surface area contributed by atoms with Crippen LogP contribution in [0.2, 0.25) is 0 Å². The van der Waals surface area contributed by atoms with Gasteiger partial charge in [0.25, 0.3) is 0 Å². The molecular weight excluding hydrogens is 577 g/mol. The maximum atomic E-state index is 14.0. The molecule has 0 N–H and O–H groups in total. The van der Waals surface area contributed by atoms with Gasteiger partial charge < -0.3 is 23.7 Å². The summed E-state index contributed by atoms with van der Waals surface area (Å²) in [7, 11) is 0. The van der Waals surface area contributed by atoms with E-state index in [0.29, 0.717) is 42.6 Å². The number of carbonyl (C=O) groups excluding carboxylic acids is 2. The van der Waals surface area contributed by atoms with E-state index in [4.69, 9.17) is 28.9 Å². The number of nitriles is 1. The molecule has 2 unspecified atom stereocenters. The lowest BCUT2D eigenvalue weighted by atomic mass is 9.99. The van der Waals surface area contributed by atoms with Crippen LogP contribution in [-0.4, -0.2) is 44.5 Å². The fourth-order valence-corrected chi connectivity index (χ4v) is 5.21. The first-order valence-corrected chi connectivity index (χ1v) is 14.7. The van der Waals surface area contributed by atoms with Crippen LogP contribution in [0.1, 0.15) is 63.1 Å². The topological polar surface area (TPSA) is 107 Å². The van der Waals surface area contributed by atoms with E-state index in [1.165, 1.54) is 12.1 Å². The second-order valence-electron chi connectivity index (χ2n) is 10.9. The van der Waals surface area contributed by atoms with Crippen molar-refractivity contribution in [3.05, 3.63) is 112 Å². The number of epoxide rings is 1. The predicted molar refractivity (Wildman–Crippen MR) is 162 cm³/mol. The Balaban J connectivity index is 1.04. The molecule has 1 fully saturated rings. The van der Waals surface area contributed by atoms with Crippen LogP contribution in [0.5, 0.6) is 17.2 Å². The third-order valence-electron chi connectivity index (χ3n) is 7.76. The number of benzene rings is 4. The largest absolute Gasteiger partial charge is 0.494 e. The van der Waals surface area contributed by atoms with Crippen LogP contribution in [0.25, 0.3) is 11.1 Å². The second kappa shape index (κ2) is 13.3. The van der Waals surface area contributed by atoms with Crippen LogP contribution in [0.4, 0.5) is 4.39 Å². The summed E-state index contributed by atoms with van der Waals surface area (Å²) in [6.45, 7) is 4.72. The summed E-state index contributed by atoms with van der Waals surface area (Å²) in [5.41, 5.74) is 4.16. The van der Waals surface area contributed by atoms with Gasteiger partial charge in [0.15, 0.2) is 0 Å².